The van der Waals surface area contributed by atoms with Gasteiger partial charge in [-0.3, -0.25) is 0 Å². The van der Waals surface area contributed by atoms with Crippen molar-refractivity contribution in [3.63, 3.8) is 0 Å². The van der Waals surface area contributed by atoms with Crippen molar-refractivity contribution < 1.29 is 0 Å². The molecule has 0 saturated heterocycles. The van der Waals surface area contributed by atoms with Crippen LogP contribution >= 0.6 is 11.3 Å². The van der Waals surface area contributed by atoms with Crippen LogP contribution in [-0.2, 0) is 0 Å². The number of nitrogens with two attached hydrogens (primary N) is 1. The zero-order chi connectivity index (χ0) is 13.2. The summed E-state index contributed by atoms with van der Waals surface area (Å²) in [4.78, 5) is 4.69. The number of benzene rings is 2. The van der Waals surface area contributed by atoms with E-state index in [9.17, 15) is 0 Å². The van der Waals surface area contributed by atoms with Gasteiger partial charge in [0, 0.05) is 22.2 Å². The Morgan fingerprint density at radius 3 is 2.21 bits per heavy atom. The maximum absolute atomic E-state index is 5.70. The lowest BCUT2D eigenvalue weighted by atomic mass is 10.1. The maximum atomic E-state index is 5.70. The Hall–Kier alpha value is -2.13. The zero-order valence-electron chi connectivity index (χ0n) is 10.6. The molecule has 0 atom stereocenters. The molecule has 0 radical (unpaired) electrons. The lowest BCUT2D eigenvalue weighted by Crippen LogP contribution is -1.84. The lowest BCUT2D eigenvalue weighted by Gasteiger charge is -1.98. The van der Waals surface area contributed by atoms with Gasteiger partial charge < -0.3 is 5.73 Å². The molecule has 3 aromatic rings. The fraction of sp³-hybridized carbons (Fsp3) is 0.0625. The number of thiazole rings is 1. The number of nitrogen functional groups attached to an aromatic ring is 1. The number of hydrogen-bond donors (Lipinski definition) is 1. The van der Waals surface area contributed by atoms with Gasteiger partial charge in [0.2, 0.25) is 0 Å². The van der Waals surface area contributed by atoms with Crippen LogP contribution < -0.4 is 5.73 Å². The summed E-state index contributed by atoms with van der Waals surface area (Å²) in [6.45, 7) is 2.09. The van der Waals surface area contributed by atoms with Crippen LogP contribution in [-0.4, -0.2) is 4.98 Å². The number of aromatic nitrogens is 1. The van der Waals surface area contributed by atoms with E-state index < -0.39 is 0 Å². The molecule has 0 amide bonds. The summed E-state index contributed by atoms with van der Waals surface area (Å²) >= 11 is 1.67. The second-order valence-corrected chi connectivity index (χ2v) is 5.38. The Morgan fingerprint density at radius 2 is 1.53 bits per heavy atom. The fourth-order valence-electron chi connectivity index (χ4n) is 1.89. The SMILES string of the molecule is Cc1ccc(-c2nc(-c3ccc(N)cc3)cs2)cc1. The zero-order valence-corrected chi connectivity index (χ0v) is 11.4. The van der Waals surface area contributed by atoms with Gasteiger partial charge in [-0.25, -0.2) is 4.98 Å². The average molecular weight is 266 g/mol. The quantitative estimate of drug-likeness (QED) is 0.700. The van der Waals surface area contributed by atoms with Gasteiger partial charge in [-0.05, 0) is 19.1 Å². The number of rotatable bonds is 2. The Morgan fingerprint density at radius 1 is 0.895 bits per heavy atom. The van der Waals surface area contributed by atoms with E-state index in [2.05, 4.69) is 41.6 Å². The van der Waals surface area contributed by atoms with Crippen LogP contribution in [0, 0.1) is 6.92 Å². The second kappa shape index (κ2) is 4.86. The molecule has 0 saturated carbocycles. The molecule has 0 spiro atoms. The Balaban J connectivity index is 1.95. The summed E-state index contributed by atoms with van der Waals surface area (Å²) in [5.41, 5.74) is 11.0. The molecule has 0 fully saturated rings. The number of aryl methyl sites for hydroxylation is 1. The first-order chi connectivity index (χ1) is 9.22. The molecule has 3 heteroatoms. The highest BCUT2D eigenvalue weighted by Gasteiger charge is 2.06. The molecule has 0 bridgehead atoms. The van der Waals surface area contributed by atoms with Crippen molar-refractivity contribution in [1.82, 2.24) is 4.98 Å². The van der Waals surface area contributed by atoms with E-state index in [1.54, 1.807) is 11.3 Å². The van der Waals surface area contributed by atoms with Crippen LogP contribution in [0.2, 0.25) is 0 Å². The highest BCUT2D eigenvalue weighted by Crippen LogP contribution is 2.29. The third kappa shape index (κ3) is 2.51. The van der Waals surface area contributed by atoms with Crippen molar-refractivity contribution >= 4 is 17.0 Å². The van der Waals surface area contributed by atoms with Crippen LogP contribution in [0.5, 0.6) is 0 Å². The van der Waals surface area contributed by atoms with Crippen molar-refractivity contribution in [2.45, 2.75) is 6.92 Å². The molecular formula is C16H14N2S. The van der Waals surface area contributed by atoms with E-state index in [-0.39, 0.29) is 0 Å². The number of hydrogen-bond acceptors (Lipinski definition) is 3. The van der Waals surface area contributed by atoms with Crippen molar-refractivity contribution in [3.8, 4) is 21.8 Å². The van der Waals surface area contributed by atoms with Gasteiger partial charge in [0.05, 0.1) is 5.69 Å². The molecule has 3 rings (SSSR count). The first kappa shape index (κ1) is 11.9. The molecule has 0 unspecified atom stereocenters. The minimum atomic E-state index is 0.776. The number of nitrogens with zero attached hydrogens (tertiary/aromatic N) is 1. The Labute approximate surface area is 116 Å². The highest BCUT2D eigenvalue weighted by molar-refractivity contribution is 7.13. The summed E-state index contributed by atoms with van der Waals surface area (Å²) in [5.74, 6) is 0. The standard InChI is InChI=1S/C16H14N2S/c1-11-2-4-13(5-3-11)16-18-15(10-19-16)12-6-8-14(17)9-7-12/h2-10H,17H2,1H3. The van der Waals surface area contributed by atoms with Gasteiger partial charge in [-0.1, -0.05) is 42.0 Å². The Kier molecular flexibility index (Phi) is 3.05. The molecule has 2 aromatic carbocycles. The lowest BCUT2D eigenvalue weighted by molar-refractivity contribution is 1.39. The molecule has 19 heavy (non-hydrogen) atoms. The molecule has 94 valence electrons. The molecule has 1 heterocycles. The third-order valence-corrected chi connectivity index (χ3v) is 3.90. The summed E-state index contributed by atoms with van der Waals surface area (Å²) in [6, 6.07) is 16.3. The second-order valence-electron chi connectivity index (χ2n) is 4.53. The van der Waals surface area contributed by atoms with E-state index in [0.29, 0.717) is 0 Å². The van der Waals surface area contributed by atoms with E-state index in [0.717, 1.165) is 27.5 Å². The van der Waals surface area contributed by atoms with Gasteiger partial charge in [0.1, 0.15) is 5.01 Å². The maximum Gasteiger partial charge on any atom is 0.124 e. The van der Waals surface area contributed by atoms with Gasteiger partial charge in [0.25, 0.3) is 0 Å². The average Bonchev–Trinajstić information content (AvgIpc) is 2.90. The van der Waals surface area contributed by atoms with E-state index in [1.807, 2.05) is 24.3 Å². The van der Waals surface area contributed by atoms with Crippen molar-refractivity contribution in [1.29, 1.82) is 0 Å². The van der Waals surface area contributed by atoms with Crippen LogP contribution in [0.15, 0.2) is 53.9 Å². The predicted molar refractivity (Wildman–Crippen MR) is 82.1 cm³/mol. The minimum absolute atomic E-state index is 0.776. The predicted octanol–water partition coefficient (Wildman–Crippen LogP) is 4.37. The van der Waals surface area contributed by atoms with Crippen LogP contribution in [0.3, 0.4) is 0 Å². The first-order valence-corrected chi connectivity index (χ1v) is 6.99. The highest BCUT2D eigenvalue weighted by atomic mass is 32.1. The summed E-state index contributed by atoms with van der Waals surface area (Å²) in [5, 5.41) is 3.13. The van der Waals surface area contributed by atoms with Gasteiger partial charge in [0.15, 0.2) is 0 Å². The third-order valence-electron chi connectivity index (χ3n) is 3.01. The summed E-state index contributed by atoms with van der Waals surface area (Å²) in [7, 11) is 0. The van der Waals surface area contributed by atoms with E-state index in [1.165, 1.54) is 5.56 Å². The Bertz CT molecular complexity index is 622. The first-order valence-electron chi connectivity index (χ1n) is 6.11. The topological polar surface area (TPSA) is 38.9 Å². The number of anilines is 1. The molecular weight excluding hydrogens is 252 g/mol. The van der Waals surface area contributed by atoms with E-state index >= 15 is 0 Å². The van der Waals surface area contributed by atoms with Crippen molar-refractivity contribution in [2.24, 2.45) is 0 Å². The molecule has 1 aromatic heterocycles. The monoisotopic (exact) mass is 266 g/mol. The van der Waals surface area contributed by atoms with Gasteiger partial charge in [-0.15, -0.1) is 11.3 Å². The minimum Gasteiger partial charge on any atom is -0.399 e. The van der Waals surface area contributed by atoms with E-state index in [4.69, 9.17) is 5.73 Å². The van der Waals surface area contributed by atoms with Crippen LogP contribution in [0.4, 0.5) is 5.69 Å². The normalized spacial score (nSPS) is 10.6. The molecule has 2 N–H and O–H groups in total. The fourth-order valence-corrected chi connectivity index (χ4v) is 2.72. The van der Waals surface area contributed by atoms with Crippen molar-refractivity contribution in [2.75, 3.05) is 5.73 Å². The smallest absolute Gasteiger partial charge is 0.124 e. The van der Waals surface area contributed by atoms with Gasteiger partial charge in [-0.2, -0.15) is 0 Å². The largest absolute Gasteiger partial charge is 0.399 e. The van der Waals surface area contributed by atoms with Crippen LogP contribution in [0.1, 0.15) is 5.56 Å². The molecule has 0 aliphatic carbocycles. The molecule has 2 nitrogen and oxygen atoms in total. The summed E-state index contributed by atoms with van der Waals surface area (Å²) < 4.78 is 0. The van der Waals surface area contributed by atoms with Crippen LogP contribution in [0.25, 0.3) is 21.8 Å². The van der Waals surface area contributed by atoms with Gasteiger partial charge >= 0.3 is 0 Å². The van der Waals surface area contributed by atoms with Crippen molar-refractivity contribution in [3.05, 3.63) is 59.5 Å². The molecule has 0 aliphatic heterocycles. The molecule has 0 aliphatic rings. The summed E-state index contributed by atoms with van der Waals surface area (Å²) in [6.07, 6.45) is 0.